The van der Waals surface area contributed by atoms with Crippen molar-refractivity contribution in [3.63, 3.8) is 0 Å². The number of benzene rings is 3. The third-order valence-electron chi connectivity index (χ3n) is 5.24. The van der Waals surface area contributed by atoms with E-state index in [-0.39, 0.29) is 23.8 Å². The van der Waals surface area contributed by atoms with E-state index in [1.54, 1.807) is 12.1 Å². The Morgan fingerprint density at radius 3 is 1.92 bits per heavy atom. The first-order chi connectivity index (χ1) is 17.2. The summed E-state index contributed by atoms with van der Waals surface area (Å²) in [6.07, 6.45) is -6.87. The highest BCUT2D eigenvalue weighted by atomic mass is 19.4. The van der Waals surface area contributed by atoms with E-state index in [9.17, 15) is 40.2 Å². The van der Waals surface area contributed by atoms with E-state index in [1.165, 1.54) is 12.1 Å². The largest absolute Gasteiger partial charge is 0.573 e. The standard InChI is InChI=1S/C25H19F9O3/c1-2-3-4-5-13-6-8-14(9-7-13)20-19(35)12-16(26)21(22(20)29)24(30,31)36-15-10-17(27)23(18(28)11-15)37-25(32,33)34/h6-12,35H,2-5H2,1H3. The highest BCUT2D eigenvalue weighted by Crippen LogP contribution is 2.43. The normalized spacial score (nSPS) is 12.1. The van der Waals surface area contributed by atoms with Crippen molar-refractivity contribution >= 4 is 0 Å². The Morgan fingerprint density at radius 2 is 1.38 bits per heavy atom. The molecule has 0 atom stereocenters. The number of hydrogen-bond donors (Lipinski definition) is 1. The summed E-state index contributed by atoms with van der Waals surface area (Å²) in [5, 5.41) is 10.1. The molecule has 200 valence electrons. The first-order valence-electron chi connectivity index (χ1n) is 10.9. The monoisotopic (exact) mass is 538 g/mol. The van der Waals surface area contributed by atoms with Crippen LogP contribution in [0.15, 0.2) is 42.5 Å². The second kappa shape index (κ2) is 10.8. The summed E-state index contributed by atoms with van der Waals surface area (Å²) >= 11 is 0. The van der Waals surface area contributed by atoms with E-state index >= 15 is 4.39 Å². The summed E-state index contributed by atoms with van der Waals surface area (Å²) < 4.78 is 131. The molecule has 0 amide bonds. The average molecular weight is 538 g/mol. The Balaban J connectivity index is 1.96. The first kappa shape index (κ1) is 28.0. The first-order valence-corrected chi connectivity index (χ1v) is 10.9. The lowest BCUT2D eigenvalue weighted by molar-refractivity contribution is -0.276. The minimum absolute atomic E-state index is 0.0722. The van der Waals surface area contributed by atoms with Gasteiger partial charge in [-0.1, -0.05) is 44.0 Å². The van der Waals surface area contributed by atoms with Gasteiger partial charge in [0.1, 0.15) is 22.9 Å². The van der Waals surface area contributed by atoms with Crippen molar-refractivity contribution in [1.82, 2.24) is 0 Å². The van der Waals surface area contributed by atoms with Crippen molar-refractivity contribution < 1.29 is 54.1 Å². The van der Waals surface area contributed by atoms with Crippen LogP contribution in [0.25, 0.3) is 11.1 Å². The van der Waals surface area contributed by atoms with E-state index in [4.69, 9.17) is 0 Å². The van der Waals surface area contributed by atoms with Crippen molar-refractivity contribution in [2.24, 2.45) is 0 Å². The maximum atomic E-state index is 15.2. The molecule has 0 spiro atoms. The SMILES string of the molecule is CCCCCc1ccc(-c2c(O)cc(F)c(C(F)(F)Oc3cc(F)c(OC(F)(F)F)c(F)c3)c2F)cc1. The molecular weight excluding hydrogens is 519 g/mol. The molecule has 0 unspecified atom stereocenters. The Bertz CT molecular complexity index is 1230. The number of phenols is 1. The third-order valence-corrected chi connectivity index (χ3v) is 5.24. The zero-order chi connectivity index (χ0) is 27.5. The molecule has 3 rings (SSSR count). The number of phenolic OH excluding ortho intramolecular Hbond substituents is 1. The smallest absolute Gasteiger partial charge is 0.507 e. The molecule has 0 aliphatic rings. The quantitative estimate of drug-likeness (QED) is 0.220. The fraction of sp³-hybridized carbons (Fsp3) is 0.280. The second-order valence-electron chi connectivity index (χ2n) is 7.98. The van der Waals surface area contributed by atoms with Gasteiger partial charge in [0.05, 0.1) is 5.56 Å². The predicted octanol–water partition coefficient (Wildman–Crippen LogP) is 8.38. The molecule has 0 heterocycles. The summed E-state index contributed by atoms with van der Waals surface area (Å²) in [5.74, 6) is -12.3. The van der Waals surface area contributed by atoms with Crippen LogP contribution in [-0.4, -0.2) is 11.5 Å². The molecule has 0 radical (unpaired) electrons. The zero-order valence-electron chi connectivity index (χ0n) is 19.0. The third kappa shape index (κ3) is 6.60. The average Bonchev–Trinajstić information content (AvgIpc) is 2.76. The number of alkyl halides is 5. The van der Waals surface area contributed by atoms with Crippen molar-refractivity contribution in [1.29, 1.82) is 0 Å². The van der Waals surface area contributed by atoms with Gasteiger partial charge < -0.3 is 14.6 Å². The van der Waals surface area contributed by atoms with Crippen LogP contribution in [-0.2, 0) is 12.5 Å². The second-order valence-corrected chi connectivity index (χ2v) is 7.98. The van der Waals surface area contributed by atoms with Gasteiger partial charge in [-0.3, -0.25) is 0 Å². The molecule has 12 heteroatoms. The number of aromatic hydroxyl groups is 1. The number of unbranched alkanes of at least 4 members (excludes halogenated alkanes) is 2. The van der Waals surface area contributed by atoms with Crippen LogP contribution in [0.5, 0.6) is 17.2 Å². The number of halogens is 9. The maximum absolute atomic E-state index is 15.2. The Hall–Kier alpha value is -3.57. The zero-order valence-corrected chi connectivity index (χ0v) is 19.0. The van der Waals surface area contributed by atoms with Crippen LogP contribution in [0.1, 0.15) is 37.3 Å². The van der Waals surface area contributed by atoms with Gasteiger partial charge in [-0.05, 0) is 24.0 Å². The highest BCUT2D eigenvalue weighted by molar-refractivity contribution is 5.72. The van der Waals surface area contributed by atoms with Crippen LogP contribution >= 0.6 is 0 Å². The van der Waals surface area contributed by atoms with Crippen molar-refractivity contribution in [3.8, 4) is 28.4 Å². The summed E-state index contributed by atoms with van der Waals surface area (Å²) in [7, 11) is 0. The van der Waals surface area contributed by atoms with Crippen LogP contribution < -0.4 is 9.47 Å². The number of hydrogen-bond acceptors (Lipinski definition) is 3. The van der Waals surface area contributed by atoms with Crippen LogP contribution in [0.3, 0.4) is 0 Å². The minimum Gasteiger partial charge on any atom is -0.507 e. The molecule has 0 aliphatic carbocycles. The predicted molar refractivity (Wildman–Crippen MR) is 114 cm³/mol. The lowest BCUT2D eigenvalue weighted by Crippen LogP contribution is -2.26. The van der Waals surface area contributed by atoms with Gasteiger partial charge in [-0.15, -0.1) is 13.2 Å². The summed E-state index contributed by atoms with van der Waals surface area (Å²) in [5.41, 5.74) is -2.00. The van der Waals surface area contributed by atoms with Gasteiger partial charge in [0, 0.05) is 18.2 Å². The van der Waals surface area contributed by atoms with Crippen LogP contribution in [0.2, 0.25) is 0 Å². The molecule has 37 heavy (non-hydrogen) atoms. The van der Waals surface area contributed by atoms with Gasteiger partial charge >= 0.3 is 12.5 Å². The van der Waals surface area contributed by atoms with E-state index in [0.717, 1.165) is 24.8 Å². The molecule has 3 aromatic rings. The van der Waals surface area contributed by atoms with E-state index < -0.39 is 64.1 Å². The van der Waals surface area contributed by atoms with E-state index in [2.05, 4.69) is 9.47 Å². The Labute approximate surface area is 205 Å². The molecule has 3 nitrogen and oxygen atoms in total. The molecule has 0 aliphatic heterocycles. The lowest BCUT2D eigenvalue weighted by atomic mass is 9.97. The molecule has 3 aromatic carbocycles. The van der Waals surface area contributed by atoms with Crippen molar-refractivity contribution in [2.45, 2.75) is 45.1 Å². The number of aryl methyl sites for hydroxylation is 1. The molecular formula is C25H19F9O3. The topological polar surface area (TPSA) is 38.7 Å². The Kier molecular flexibility index (Phi) is 8.19. The number of ether oxygens (including phenoxy) is 2. The summed E-state index contributed by atoms with van der Waals surface area (Å²) in [6.45, 7) is 2.02. The molecule has 1 N–H and O–H groups in total. The molecule has 0 saturated carbocycles. The van der Waals surface area contributed by atoms with E-state index in [1.807, 2.05) is 6.92 Å². The van der Waals surface area contributed by atoms with Gasteiger partial charge in [0.15, 0.2) is 17.5 Å². The minimum atomic E-state index is -5.49. The van der Waals surface area contributed by atoms with Crippen molar-refractivity contribution in [3.05, 3.63) is 76.9 Å². The van der Waals surface area contributed by atoms with Crippen molar-refractivity contribution in [2.75, 3.05) is 0 Å². The molecule has 0 fully saturated rings. The van der Waals surface area contributed by atoms with Crippen LogP contribution in [0.4, 0.5) is 39.5 Å². The lowest BCUT2D eigenvalue weighted by Gasteiger charge is -2.21. The maximum Gasteiger partial charge on any atom is 0.573 e. The molecule has 0 aromatic heterocycles. The van der Waals surface area contributed by atoms with Gasteiger partial charge in [-0.25, -0.2) is 17.6 Å². The fourth-order valence-electron chi connectivity index (χ4n) is 3.57. The van der Waals surface area contributed by atoms with Gasteiger partial charge in [-0.2, -0.15) is 8.78 Å². The van der Waals surface area contributed by atoms with E-state index in [0.29, 0.717) is 6.42 Å². The Morgan fingerprint density at radius 1 is 0.784 bits per heavy atom. The summed E-state index contributed by atoms with van der Waals surface area (Å²) in [6, 6.07) is 5.89. The fourth-order valence-corrected chi connectivity index (χ4v) is 3.57. The van der Waals surface area contributed by atoms with Gasteiger partial charge in [0.25, 0.3) is 0 Å². The van der Waals surface area contributed by atoms with Crippen LogP contribution in [0, 0.1) is 23.3 Å². The molecule has 0 bridgehead atoms. The summed E-state index contributed by atoms with van der Waals surface area (Å²) in [4.78, 5) is 0. The number of rotatable bonds is 9. The highest BCUT2D eigenvalue weighted by Gasteiger charge is 2.43. The van der Waals surface area contributed by atoms with Gasteiger partial charge in [0.2, 0.25) is 5.75 Å². The molecule has 0 saturated heterocycles.